The fourth-order valence-electron chi connectivity index (χ4n) is 3.77. The van der Waals surface area contributed by atoms with Crippen LogP contribution in [-0.4, -0.2) is 38.2 Å². The van der Waals surface area contributed by atoms with Gasteiger partial charge in [0.1, 0.15) is 0 Å². The van der Waals surface area contributed by atoms with Gasteiger partial charge in [-0.3, -0.25) is 14.9 Å². The van der Waals surface area contributed by atoms with Gasteiger partial charge in [-0.25, -0.2) is 0 Å². The molecule has 6 nitrogen and oxygen atoms in total. The van der Waals surface area contributed by atoms with Crippen LogP contribution in [0, 0.1) is 0 Å². The monoisotopic (exact) mass is 371 g/mol. The molecule has 1 aromatic carbocycles. The Kier molecular flexibility index (Phi) is 4.54. The van der Waals surface area contributed by atoms with E-state index in [4.69, 9.17) is 9.40 Å². The van der Waals surface area contributed by atoms with Crippen molar-refractivity contribution in [2.75, 3.05) is 13.1 Å². The van der Waals surface area contributed by atoms with Crippen LogP contribution >= 0.6 is 0 Å². The van der Waals surface area contributed by atoms with Crippen LogP contribution in [0.3, 0.4) is 0 Å². The first kappa shape index (κ1) is 17.0. The first-order chi connectivity index (χ1) is 13.8. The largest absolute Gasteiger partial charge is 0.420 e. The van der Waals surface area contributed by atoms with Crippen molar-refractivity contribution < 1.29 is 4.42 Å². The molecule has 5 rings (SSSR count). The SMILES string of the molecule is c1ccc2nc(CN3CCC(c4nnc(-c5ccncc5)o4)CC3)ccc2c1. The Balaban J connectivity index is 1.22. The summed E-state index contributed by atoms with van der Waals surface area (Å²) in [5.74, 6) is 1.64. The third kappa shape index (κ3) is 3.51. The quantitative estimate of drug-likeness (QED) is 0.539. The average Bonchev–Trinajstić information content (AvgIpc) is 3.25. The molecule has 28 heavy (non-hydrogen) atoms. The van der Waals surface area contributed by atoms with E-state index in [0.29, 0.717) is 11.8 Å². The number of likely N-dealkylation sites (tertiary alicyclic amines) is 1. The Morgan fingerprint density at radius 2 is 1.75 bits per heavy atom. The lowest BCUT2D eigenvalue weighted by Crippen LogP contribution is -2.32. The normalized spacial score (nSPS) is 15.9. The molecule has 0 radical (unpaired) electrons. The van der Waals surface area contributed by atoms with Crippen molar-refractivity contribution in [3.63, 3.8) is 0 Å². The zero-order valence-electron chi connectivity index (χ0n) is 15.5. The van der Waals surface area contributed by atoms with Crippen LogP contribution in [0.25, 0.3) is 22.4 Å². The van der Waals surface area contributed by atoms with Crippen molar-refractivity contribution in [1.82, 2.24) is 25.1 Å². The third-order valence-electron chi connectivity index (χ3n) is 5.35. The van der Waals surface area contributed by atoms with Crippen molar-refractivity contribution in [3.8, 4) is 11.5 Å². The molecule has 140 valence electrons. The number of piperidine rings is 1. The highest BCUT2D eigenvalue weighted by molar-refractivity contribution is 5.78. The van der Waals surface area contributed by atoms with Crippen LogP contribution in [0.5, 0.6) is 0 Å². The van der Waals surface area contributed by atoms with Gasteiger partial charge in [0.15, 0.2) is 0 Å². The predicted molar refractivity (Wildman–Crippen MR) is 107 cm³/mol. The summed E-state index contributed by atoms with van der Waals surface area (Å²) in [6.45, 7) is 2.89. The number of aromatic nitrogens is 4. The molecule has 0 spiro atoms. The van der Waals surface area contributed by atoms with Gasteiger partial charge in [0, 0.05) is 35.8 Å². The zero-order valence-corrected chi connectivity index (χ0v) is 15.5. The number of benzene rings is 1. The molecule has 6 heteroatoms. The standard InChI is InChI=1S/C22H21N5O/c1-2-4-20-16(3-1)5-6-19(24-20)15-27-13-9-18(10-14-27)22-26-25-21(28-22)17-7-11-23-12-8-17/h1-8,11-12,18H,9-10,13-15H2. The highest BCUT2D eigenvalue weighted by atomic mass is 16.4. The maximum atomic E-state index is 5.93. The minimum atomic E-state index is 0.323. The molecule has 0 amide bonds. The number of hydrogen-bond acceptors (Lipinski definition) is 6. The zero-order chi connectivity index (χ0) is 18.8. The van der Waals surface area contributed by atoms with Gasteiger partial charge in [-0.15, -0.1) is 10.2 Å². The molecule has 0 atom stereocenters. The van der Waals surface area contributed by atoms with Crippen LogP contribution < -0.4 is 0 Å². The van der Waals surface area contributed by atoms with Crippen molar-refractivity contribution in [2.45, 2.75) is 25.3 Å². The Morgan fingerprint density at radius 1 is 0.929 bits per heavy atom. The highest BCUT2D eigenvalue weighted by Gasteiger charge is 2.25. The fourth-order valence-corrected chi connectivity index (χ4v) is 3.77. The van der Waals surface area contributed by atoms with E-state index in [-0.39, 0.29) is 0 Å². The number of para-hydroxylation sites is 1. The Morgan fingerprint density at radius 3 is 2.61 bits per heavy atom. The molecule has 0 bridgehead atoms. The van der Waals surface area contributed by atoms with Crippen LogP contribution in [0.15, 0.2) is 65.3 Å². The Bertz CT molecular complexity index is 1070. The Labute approximate surface area is 163 Å². The van der Waals surface area contributed by atoms with Gasteiger partial charge in [-0.1, -0.05) is 24.3 Å². The fraction of sp³-hybridized carbons (Fsp3) is 0.273. The number of pyridine rings is 2. The summed E-state index contributed by atoms with van der Waals surface area (Å²) >= 11 is 0. The lowest BCUT2D eigenvalue weighted by molar-refractivity contribution is 0.191. The second kappa shape index (κ2) is 7.48. The van der Waals surface area contributed by atoms with E-state index < -0.39 is 0 Å². The second-order valence-electron chi connectivity index (χ2n) is 7.23. The molecular formula is C22H21N5O. The summed E-state index contributed by atoms with van der Waals surface area (Å²) in [5, 5.41) is 9.69. The molecule has 1 fully saturated rings. The lowest BCUT2D eigenvalue weighted by Gasteiger charge is -2.30. The summed E-state index contributed by atoms with van der Waals surface area (Å²) in [6, 6.07) is 16.3. The van der Waals surface area contributed by atoms with E-state index in [0.717, 1.165) is 55.1 Å². The third-order valence-corrected chi connectivity index (χ3v) is 5.35. The first-order valence-corrected chi connectivity index (χ1v) is 9.66. The molecule has 4 heterocycles. The summed E-state index contributed by atoms with van der Waals surface area (Å²) in [6.07, 6.45) is 5.51. The smallest absolute Gasteiger partial charge is 0.247 e. The van der Waals surface area contributed by atoms with Crippen molar-refractivity contribution in [3.05, 3.63) is 72.5 Å². The van der Waals surface area contributed by atoms with E-state index in [1.807, 2.05) is 24.3 Å². The van der Waals surface area contributed by atoms with Crippen LogP contribution in [-0.2, 0) is 6.54 Å². The topological polar surface area (TPSA) is 67.9 Å². The van der Waals surface area contributed by atoms with E-state index >= 15 is 0 Å². The van der Waals surface area contributed by atoms with Gasteiger partial charge in [-0.05, 0) is 50.2 Å². The lowest BCUT2D eigenvalue weighted by atomic mass is 9.96. The summed E-state index contributed by atoms with van der Waals surface area (Å²) in [7, 11) is 0. The Hall–Kier alpha value is -3.12. The van der Waals surface area contributed by atoms with Gasteiger partial charge in [0.05, 0.1) is 11.2 Å². The van der Waals surface area contributed by atoms with Crippen molar-refractivity contribution in [1.29, 1.82) is 0 Å². The molecule has 0 saturated carbocycles. The number of rotatable bonds is 4. The molecule has 1 aliphatic heterocycles. The summed E-state index contributed by atoms with van der Waals surface area (Å²) in [5.41, 5.74) is 3.09. The van der Waals surface area contributed by atoms with E-state index in [9.17, 15) is 0 Å². The van der Waals surface area contributed by atoms with Gasteiger partial charge in [-0.2, -0.15) is 0 Å². The minimum absolute atomic E-state index is 0.323. The van der Waals surface area contributed by atoms with Crippen molar-refractivity contribution in [2.24, 2.45) is 0 Å². The number of fused-ring (bicyclic) bond motifs is 1. The average molecular weight is 371 g/mol. The van der Waals surface area contributed by atoms with Gasteiger partial charge < -0.3 is 4.42 Å². The van der Waals surface area contributed by atoms with E-state index in [1.54, 1.807) is 12.4 Å². The number of hydrogen-bond donors (Lipinski definition) is 0. The van der Waals surface area contributed by atoms with Crippen molar-refractivity contribution >= 4 is 10.9 Å². The highest BCUT2D eigenvalue weighted by Crippen LogP contribution is 2.29. The predicted octanol–water partition coefficient (Wildman–Crippen LogP) is 4.06. The first-order valence-electron chi connectivity index (χ1n) is 9.66. The van der Waals surface area contributed by atoms with Crippen LogP contribution in [0.4, 0.5) is 0 Å². The van der Waals surface area contributed by atoms with Gasteiger partial charge in [0.2, 0.25) is 11.8 Å². The maximum absolute atomic E-state index is 5.93. The van der Waals surface area contributed by atoms with E-state index in [2.05, 4.69) is 44.3 Å². The minimum Gasteiger partial charge on any atom is -0.420 e. The molecule has 4 aromatic rings. The summed E-state index contributed by atoms with van der Waals surface area (Å²) in [4.78, 5) is 11.3. The van der Waals surface area contributed by atoms with Gasteiger partial charge >= 0.3 is 0 Å². The molecule has 0 aliphatic carbocycles. The molecule has 1 aliphatic rings. The maximum Gasteiger partial charge on any atom is 0.247 e. The molecule has 1 saturated heterocycles. The van der Waals surface area contributed by atoms with E-state index in [1.165, 1.54) is 5.39 Å². The molecule has 3 aromatic heterocycles. The van der Waals surface area contributed by atoms with Gasteiger partial charge in [0.25, 0.3) is 0 Å². The summed E-state index contributed by atoms with van der Waals surface area (Å²) < 4.78 is 5.93. The molecule has 0 N–H and O–H groups in total. The van der Waals surface area contributed by atoms with Crippen LogP contribution in [0.2, 0.25) is 0 Å². The number of nitrogens with zero attached hydrogens (tertiary/aromatic N) is 5. The molecular weight excluding hydrogens is 350 g/mol. The van der Waals surface area contributed by atoms with Crippen LogP contribution in [0.1, 0.15) is 30.3 Å². The second-order valence-corrected chi connectivity index (χ2v) is 7.23. The molecule has 0 unspecified atom stereocenters.